The lowest BCUT2D eigenvalue weighted by Crippen LogP contribution is -2.28. The van der Waals surface area contributed by atoms with E-state index in [0.717, 1.165) is 6.42 Å². The molecular weight excluding hydrogens is 234 g/mol. The van der Waals surface area contributed by atoms with Crippen molar-refractivity contribution in [2.24, 2.45) is 16.7 Å². The normalized spacial score (nSPS) is 14.0. The van der Waals surface area contributed by atoms with Gasteiger partial charge in [-0.1, -0.05) is 41.5 Å². The van der Waals surface area contributed by atoms with Crippen molar-refractivity contribution in [2.45, 2.75) is 67.7 Å². The fourth-order valence-electron chi connectivity index (χ4n) is 3.12. The van der Waals surface area contributed by atoms with Crippen molar-refractivity contribution in [3.8, 4) is 0 Å². The highest BCUT2D eigenvalue weighted by atomic mass is 16.1. The molecule has 0 rings (SSSR count). The predicted molar refractivity (Wildman–Crippen MR) is 82.7 cm³/mol. The van der Waals surface area contributed by atoms with E-state index in [2.05, 4.69) is 46.9 Å². The first-order valence-electron chi connectivity index (χ1n) is 7.30. The standard InChI is InChI=1S/C17H31NO/c1-13(2)15(19)18-10-9-14(3)11-17(7,8)12-16(4,5)6/h1,14H,9-12H2,2-8H3/p+1. The molecule has 19 heavy (non-hydrogen) atoms. The molecule has 1 N–H and O–H groups in total. The van der Waals surface area contributed by atoms with Gasteiger partial charge in [0.05, 0.1) is 6.58 Å². The summed E-state index contributed by atoms with van der Waals surface area (Å²) in [6, 6.07) is 0. The quantitative estimate of drug-likeness (QED) is 0.538. The molecule has 0 heterocycles. The van der Waals surface area contributed by atoms with E-state index in [0.29, 0.717) is 28.9 Å². The van der Waals surface area contributed by atoms with E-state index >= 15 is 0 Å². The summed E-state index contributed by atoms with van der Waals surface area (Å²) in [5, 5.41) is 2.85. The first-order valence-corrected chi connectivity index (χ1v) is 7.30. The molecule has 110 valence electrons. The van der Waals surface area contributed by atoms with Crippen LogP contribution in [0.25, 0.3) is 0 Å². The Bertz CT molecular complexity index is 310. The van der Waals surface area contributed by atoms with Gasteiger partial charge in [0.2, 0.25) is 5.57 Å². The van der Waals surface area contributed by atoms with E-state index in [1.807, 2.05) is 0 Å². The van der Waals surface area contributed by atoms with Crippen molar-refractivity contribution < 1.29 is 4.79 Å². The van der Waals surface area contributed by atoms with Crippen LogP contribution < -0.4 is 5.32 Å². The molecule has 1 unspecified atom stereocenters. The molecule has 1 atom stereocenters. The summed E-state index contributed by atoms with van der Waals surface area (Å²) in [5.41, 5.74) is 1.04. The Labute approximate surface area is 120 Å². The number of hydrogen-bond donors (Lipinski definition) is 1. The fourth-order valence-corrected chi connectivity index (χ4v) is 3.12. The van der Waals surface area contributed by atoms with Crippen molar-refractivity contribution in [3.63, 3.8) is 0 Å². The summed E-state index contributed by atoms with van der Waals surface area (Å²) in [5.74, 6) is 0.469. The highest BCUT2D eigenvalue weighted by Crippen LogP contribution is 2.38. The minimum Gasteiger partial charge on any atom is -0.276 e. The van der Waals surface area contributed by atoms with Gasteiger partial charge < -0.3 is 0 Å². The van der Waals surface area contributed by atoms with Crippen molar-refractivity contribution in [2.75, 3.05) is 6.54 Å². The van der Waals surface area contributed by atoms with Crippen LogP contribution in [0, 0.1) is 23.3 Å². The van der Waals surface area contributed by atoms with Crippen LogP contribution in [0.2, 0.25) is 0 Å². The lowest BCUT2D eigenvalue weighted by molar-refractivity contribution is -0.117. The van der Waals surface area contributed by atoms with Crippen LogP contribution in [-0.2, 0) is 4.79 Å². The molecule has 2 nitrogen and oxygen atoms in total. The number of amides is 1. The van der Waals surface area contributed by atoms with E-state index in [1.165, 1.54) is 12.8 Å². The van der Waals surface area contributed by atoms with Crippen LogP contribution in [0.1, 0.15) is 67.7 Å². The second-order valence-electron chi connectivity index (χ2n) is 7.94. The molecule has 0 spiro atoms. The van der Waals surface area contributed by atoms with Gasteiger partial charge in [0, 0.05) is 13.5 Å². The fraction of sp³-hybridized carbons (Fsp3) is 0.824. The maximum absolute atomic E-state index is 11.3. The molecule has 0 fully saturated rings. The lowest BCUT2D eigenvalue weighted by atomic mass is 9.72. The molecule has 0 aliphatic carbocycles. The molecule has 0 aromatic rings. The Balaban J connectivity index is 4.07. The number of rotatable bonds is 7. The van der Waals surface area contributed by atoms with Gasteiger partial charge in [-0.05, 0) is 36.0 Å². The molecule has 0 aromatic heterocycles. The minimum absolute atomic E-state index is 0.138. The molecule has 0 saturated heterocycles. The van der Waals surface area contributed by atoms with Crippen LogP contribution in [0.4, 0.5) is 0 Å². The molecule has 2 heteroatoms. The Hall–Kier alpha value is -0.880. The number of nitrogens with one attached hydrogen (secondary N) is 1. The van der Waals surface area contributed by atoms with Crippen LogP contribution in [0.3, 0.4) is 0 Å². The van der Waals surface area contributed by atoms with Crippen molar-refractivity contribution in [1.29, 1.82) is 0 Å². The molecule has 1 amide bonds. The SMILES string of the molecule is [CH+]=C(C)C(=O)NCCC(C)CC(C)(C)CC(C)(C)C. The molecular formula is C17H32NO+. The molecule has 0 bridgehead atoms. The first-order chi connectivity index (χ1) is 8.43. The van der Waals surface area contributed by atoms with Crippen molar-refractivity contribution in [3.05, 3.63) is 12.2 Å². The zero-order valence-electron chi connectivity index (χ0n) is 13.9. The van der Waals surface area contributed by atoms with E-state index in [4.69, 9.17) is 6.58 Å². The van der Waals surface area contributed by atoms with E-state index < -0.39 is 0 Å². The monoisotopic (exact) mass is 266 g/mol. The van der Waals surface area contributed by atoms with Gasteiger partial charge in [0.15, 0.2) is 0 Å². The van der Waals surface area contributed by atoms with Crippen LogP contribution in [0.15, 0.2) is 5.57 Å². The largest absolute Gasteiger partial charge is 0.398 e. The van der Waals surface area contributed by atoms with E-state index in [-0.39, 0.29) is 5.91 Å². The highest BCUT2D eigenvalue weighted by molar-refractivity contribution is 5.91. The highest BCUT2D eigenvalue weighted by Gasteiger charge is 2.27. The third-order valence-electron chi connectivity index (χ3n) is 3.19. The van der Waals surface area contributed by atoms with Crippen LogP contribution >= 0.6 is 0 Å². The maximum atomic E-state index is 11.3. The zero-order valence-corrected chi connectivity index (χ0v) is 13.9. The zero-order chi connectivity index (χ0) is 15.3. The number of carbonyl (C=O) groups excluding carboxylic acids is 1. The Kier molecular flexibility index (Phi) is 6.72. The topological polar surface area (TPSA) is 29.1 Å². The van der Waals surface area contributed by atoms with Crippen LogP contribution in [0.5, 0.6) is 0 Å². The van der Waals surface area contributed by atoms with E-state index in [9.17, 15) is 4.79 Å². The van der Waals surface area contributed by atoms with Gasteiger partial charge in [-0.3, -0.25) is 5.32 Å². The first kappa shape index (κ1) is 18.1. The van der Waals surface area contributed by atoms with Crippen molar-refractivity contribution in [1.82, 2.24) is 5.32 Å². The third-order valence-corrected chi connectivity index (χ3v) is 3.19. The van der Waals surface area contributed by atoms with Crippen molar-refractivity contribution >= 4 is 5.91 Å². The third kappa shape index (κ3) is 9.67. The van der Waals surface area contributed by atoms with Gasteiger partial charge >= 0.3 is 5.91 Å². The Morgan fingerprint density at radius 2 is 1.74 bits per heavy atom. The lowest BCUT2D eigenvalue weighted by Gasteiger charge is -2.34. The number of carbonyl (C=O) groups is 1. The average molecular weight is 266 g/mol. The summed E-state index contributed by atoms with van der Waals surface area (Å²) >= 11 is 0. The maximum Gasteiger partial charge on any atom is 0.398 e. The summed E-state index contributed by atoms with van der Waals surface area (Å²) in [6.07, 6.45) is 3.41. The Morgan fingerprint density at radius 1 is 1.21 bits per heavy atom. The second-order valence-corrected chi connectivity index (χ2v) is 7.94. The minimum atomic E-state index is -0.138. The molecule has 0 saturated carbocycles. The summed E-state index contributed by atoms with van der Waals surface area (Å²) < 4.78 is 0. The van der Waals surface area contributed by atoms with Crippen LogP contribution in [-0.4, -0.2) is 12.5 Å². The van der Waals surface area contributed by atoms with E-state index in [1.54, 1.807) is 6.92 Å². The van der Waals surface area contributed by atoms with Gasteiger partial charge in [-0.15, -0.1) is 4.79 Å². The molecule has 0 aromatic carbocycles. The molecule has 0 radical (unpaired) electrons. The van der Waals surface area contributed by atoms with Gasteiger partial charge in [0.25, 0.3) is 0 Å². The molecule has 0 aliphatic rings. The average Bonchev–Trinajstić information content (AvgIpc) is 2.11. The predicted octanol–water partition coefficient (Wildman–Crippen LogP) is 4.36. The smallest absolute Gasteiger partial charge is 0.276 e. The van der Waals surface area contributed by atoms with Gasteiger partial charge in [-0.2, -0.15) is 0 Å². The van der Waals surface area contributed by atoms with Gasteiger partial charge in [0.1, 0.15) is 0 Å². The summed E-state index contributed by atoms with van der Waals surface area (Å²) in [7, 11) is 0. The number of hydrogen-bond acceptors (Lipinski definition) is 1. The summed E-state index contributed by atoms with van der Waals surface area (Å²) in [4.78, 5) is 11.3. The second kappa shape index (κ2) is 7.05. The Morgan fingerprint density at radius 3 is 2.16 bits per heavy atom. The summed E-state index contributed by atoms with van der Waals surface area (Å²) in [6.45, 7) is 21.6. The molecule has 0 aliphatic heterocycles. The van der Waals surface area contributed by atoms with Gasteiger partial charge in [-0.25, -0.2) is 0 Å².